The maximum Gasteiger partial charge on any atom is 0.296 e. The van der Waals surface area contributed by atoms with Gasteiger partial charge in [-0.1, -0.05) is 57.0 Å². The van der Waals surface area contributed by atoms with E-state index in [1.165, 1.54) is 11.9 Å². The number of anilines is 2. The van der Waals surface area contributed by atoms with Crippen LogP contribution in [-0.4, -0.2) is 69.4 Å². The molecule has 3 aromatic rings. The van der Waals surface area contributed by atoms with E-state index in [1.54, 1.807) is 19.2 Å². The number of nitrogens with zero attached hydrogens (tertiary/aromatic N) is 1. The lowest BCUT2D eigenvalue weighted by Crippen LogP contribution is -2.38. The molecule has 0 atom stereocenters. The van der Waals surface area contributed by atoms with Crippen LogP contribution in [0.1, 0.15) is 36.7 Å². The molecule has 1 heterocycles. The van der Waals surface area contributed by atoms with E-state index in [4.69, 9.17) is 14.2 Å². The van der Waals surface area contributed by atoms with Crippen molar-refractivity contribution in [3.63, 3.8) is 0 Å². The van der Waals surface area contributed by atoms with Crippen molar-refractivity contribution in [3.05, 3.63) is 59.7 Å². The predicted molar refractivity (Wildman–Crippen MR) is 158 cm³/mol. The Morgan fingerprint density at radius 2 is 1.72 bits per heavy atom. The van der Waals surface area contributed by atoms with Gasteiger partial charge in [-0.05, 0) is 40.6 Å². The van der Waals surface area contributed by atoms with Crippen molar-refractivity contribution in [2.75, 3.05) is 62.9 Å². The molecule has 0 aromatic heterocycles. The molecule has 3 aromatic carbocycles. The maximum absolute atomic E-state index is 13.5. The number of carbonyl (C=O) groups excluding carboxylic acids is 2. The van der Waals surface area contributed by atoms with Gasteiger partial charge in [0.2, 0.25) is 0 Å². The van der Waals surface area contributed by atoms with Crippen LogP contribution in [0.15, 0.2) is 48.5 Å². The molecule has 1 saturated heterocycles. The third kappa shape index (κ3) is 6.84. The number of carbonyl (C=O) groups is 2. The summed E-state index contributed by atoms with van der Waals surface area (Å²) in [5.74, 6) is -0.218. The summed E-state index contributed by atoms with van der Waals surface area (Å²) in [6, 6.07) is 14.8. The van der Waals surface area contributed by atoms with Crippen molar-refractivity contribution < 1.29 is 23.8 Å². The number of nitrogens with one attached hydrogen (secondary N) is 2. The first kappa shape index (κ1) is 28.7. The van der Waals surface area contributed by atoms with Crippen LogP contribution in [0.2, 0.25) is 0 Å². The van der Waals surface area contributed by atoms with Crippen molar-refractivity contribution >= 4 is 45.8 Å². The van der Waals surface area contributed by atoms with Gasteiger partial charge in [0, 0.05) is 36.8 Å². The molecule has 8 nitrogen and oxygen atoms in total. The molecule has 2 N–H and O–H groups in total. The minimum Gasteiger partial charge on any atom is -0.492 e. The van der Waals surface area contributed by atoms with E-state index >= 15 is 0 Å². The second-order valence-corrected chi connectivity index (χ2v) is 11.0. The number of hydrogen-bond donors (Lipinski definition) is 2. The van der Waals surface area contributed by atoms with Gasteiger partial charge in [0.25, 0.3) is 11.7 Å². The van der Waals surface area contributed by atoms with Gasteiger partial charge < -0.3 is 24.2 Å². The fraction of sp³-hybridized carbons (Fsp3) is 0.400. The van der Waals surface area contributed by atoms with Gasteiger partial charge in [0.15, 0.2) is 5.75 Å². The number of ketones is 1. The lowest BCUT2D eigenvalue weighted by Gasteiger charge is -2.26. The molecular weight excluding hydrogens is 514 g/mol. The maximum atomic E-state index is 13.5. The monoisotopic (exact) mass is 551 g/mol. The quantitative estimate of drug-likeness (QED) is 0.198. The molecule has 208 valence electrons. The zero-order chi connectivity index (χ0) is 28.0. The van der Waals surface area contributed by atoms with Crippen LogP contribution in [0, 0.1) is 0 Å². The zero-order valence-corrected chi connectivity index (χ0v) is 24.1. The van der Waals surface area contributed by atoms with E-state index in [0.717, 1.165) is 49.5 Å². The van der Waals surface area contributed by atoms with E-state index in [9.17, 15) is 9.59 Å². The topological polar surface area (TPSA) is 89.1 Å². The first-order chi connectivity index (χ1) is 18.7. The molecule has 9 heteroatoms. The van der Waals surface area contributed by atoms with Crippen molar-refractivity contribution in [1.29, 1.82) is 0 Å². The summed E-state index contributed by atoms with van der Waals surface area (Å²) in [7, 11) is 1.54. The Hall–Kier alpha value is -3.27. The second-order valence-electron chi connectivity index (χ2n) is 10.4. The van der Waals surface area contributed by atoms with Gasteiger partial charge in [-0.2, -0.15) is 0 Å². The van der Waals surface area contributed by atoms with E-state index in [0.29, 0.717) is 34.7 Å². The Morgan fingerprint density at radius 1 is 1.03 bits per heavy atom. The van der Waals surface area contributed by atoms with E-state index in [1.807, 2.05) is 42.7 Å². The average Bonchev–Trinajstić information content (AvgIpc) is 2.93. The highest BCUT2D eigenvalue weighted by Gasteiger charge is 2.25. The highest BCUT2D eigenvalue weighted by molar-refractivity contribution is 7.99. The number of benzene rings is 3. The van der Waals surface area contributed by atoms with Crippen molar-refractivity contribution in [2.24, 2.45) is 0 Å². The Bertz CT molecular complexity index is 1330. The number of Topliss-reactive ketones (excluding diaryl/α,β-unsaturated/α-hetero) is 1. The summed E-state index contributed by atoms with van der Waals surface area (Å²) < 4.78 is 20.3. The number of rotatable bonds is 10. The molecular formula is C30H37N3O5S. The van der Waals surface area contributed by atoms with Crippen molar-refractivity contribution in [2.45, 2.75) is 26.2 Å². The highest BCUT2D eigenvalue weighted by atomic mass is 32.2. The van der Waals surface area contributed by atoms with Gasteiger partial charge >= 0.3 is 0 Å². The summed E-state index contributed by atoms with van der Waals surface area (Å²) in [6.07, 6.45) is 1.91. The summed E-state index contributed by atoms with van der Waals surface area (Å²) in [6.45, 7) is 10.8. The number of morpholine rings is 1. The van der Waals surface area contributed by atoms with Crippen LogP contribution in [-0.2, 0) is 14.9 Å². The molecule has 1 aliphatic heterocycles. The molecule has 0 radical (unpaired) electrons. The molecule has 0 aliphatic carbocycles. The van der Waals surface area contributed by atoms with Gasteiger partial charge in [0.1, 0.15) is 12.4 Å². The van der Waals surface area contributed by atoms with Crippen LogP contribution in [0.25, 0.3) is 10.8 Å². The normalized spacial score (nSPS) is 14.2. The van der Waals surface area contributed by atoms with Crippen LogP contribution in [0.4, 0.5) is 11.4 Å². The van der Waals surface area contributed by atoms with Gasteiger partial charge in [-0.3, -0.25) is 14.5 Å². The largest absolute Gasteiger partial charge is 0.492 e. The Morgan fingerprint density at radius 3 is 2.38 bits per heavy atom. The molecule has 4 rings (SSSR count). The number of methoxy groups -OCH3 is 1. The predicted octanol–water partition coefficient (Wildman–Crippen LogP) is 5.37. The minimum absolute atomic E-state index is 0.182. The summed E-state index contributed by atoms with van der Waals surface area (Å²) in [4.78, 5) is 29.1. The van der Waals surface area contributed by atoms with Crippen molar-refractivity contribution in [1.82, 2.24) is 4.90 Å². The number of fused-ring (bicyclic) bond motifs is 1. The van der Waals surface area contributed by atoms with E-state index < -0.39 is 11.7 Å². The fourth-order valence-corrected chi connectivity index (χ4v) is 4.94. The summed E-state index contributed by atoms with van der Waals surface area (Å²) in [5.41, 5.74) is 2.29. The summed E-state index contributed by atoms with van der Waals surface area (Å²) >= 11 is 1.42. The molecule has 0 spiro atoms. The number of amides is 1. The Kier molecular flexibility index (Phi) is 9.37. The van der Waals surface area contributed by atoms with Gasteiger partial charge in [-0.15, -0.1) is 0 Å². The number of hydrogen-bond acceptors (Lipinski definition) is 8. The first-order valence-electron chi connectivity index (χ1n) is 13.0. The standard InChI is InChI=1S/C30H37N3O5S/c1-30(2,3)20-18-24(28(36-4)25(19-20)32-39-5)31-29(35)27(34)23-10-11-26(22-9-7-6-8-21(22)23)38-17-14-33-12-15-37-16-13-33/h6-11,18-19,32H,12-17H2,1-5H3,(H,31,35). The lowest BCUT2D eigenvalue weighted by molar-refractivity contribution is -0.112. The average molecular weight is 552 g/mol. The second kappa shape index (κ2) is 12.7. The third-order valence-corrected chi connectivity index (χ3v) is 7.15. The fourth-order valence-electron chi connectivity index (χ4n) is 4.57. The van der Waals surface area contributed by atoms with Crippen LogP contribution in [0.5, 0.6) is 11.5 Å². The van der Waals surface area contributed by atoms with Gasteiger partial charge in [-0.25, -0.2) is 0 Å². The van der Waals surface area contributed by atoms with E-state index in [-0.39, 0.29) is 5.41 Å². The van der Waals surface area contributed by atoms with Crippen molar-refractivity contribution in [3.8, 4) is 11.5 Å². The molecule has 0 unspecified atom stereocenters. The van der Waals surface area contributed by atoms with Crippen LogP contribution >= 0.6 is 11.9 Å². The zero-order valence-electron chi connectivity index (χ0n) is 23.3. The molecule has 0 saturated carbocycles. The Balaban J connectivity index is 1.58. The van der Waals surface area contributed by atoms with Gasteiger partial charge in [0.05, 0.1) is 31.7 Å². The summed E-state index contributed by atoms with van der Waals surface area (Å²) in [5, 5.41) is 4.27. The highest BCUT2D eigenvalue weighted by Crippen LogP contribution is 2.39. The van der Waals surface area contributed by atoms with Crippen LogP contribution in [0.3, 0.4) is 0 Å². The Labute approximate surface area is 234 Å². The lowest BCUT2D eigenvalue weighted by atomic mass is 9.86. The number of ether oxygens (including phenoxy) is 3. The van der Waals surface area contributed by atoms with Crippen LogP contribution < -0.4 is 19.5 Å². The molecule has 1 aliphatic rings. The minimum atomic E-state index is -0.736. The third-order valence-electron chi connectivity index (χ3n) is 6.72. The molecule has 0 bridgehead atoms. The SMILES string of the molecule is COc1c(NSC)cc(C(C)(C)C)cc1NC(=O)C(=O)c1ccc(OCCN2CCOCC2)c2ccccc12. The molecule has 39 heavy (non-hydrogen) atoms. The smallest absolute Gasteiger partial charge is 0.296 e. The first-order valence-corrected chi connectivity index (χ1v) is 14.3. The molecule has 1 fully saturated rings. The van der Waals surface area contributed by atoms with E-state index in [2.05, 4.69) is 35.7 Å². The molecule has 1 amide bonds.